The second-order valence-corrected chi connectivity index (χ2v) is 13.2. The first-order valence-electron chi connectivity index (χ1n) is 14.4. The van der Waals surface area contributed by atoms with Gasteiger partial charge in [0, 0.05) is 18.7 Å². The fourth-order valence-electron chi connectivity index (χ4n) is 5.35. The zero-order valence-electron chi connectivity index (χ0n) is 25.0. The third-order valence-electron chi connectivity index (χ3n) is 7.69. The topological polar surface area (TPSA) is 105 Å². The molecule has 12 heteroatoms. The maximum absolute atomic E-state index is 14.3. The fraction of sp³-hybridized carbons (Fsp3) is 0.375. The molecule has 0 radical (unpaired) electrons. The number of carbonyl (C=O) groups is 2. The highest BCUT2D eigenvalue weighted by Gasteiger charge is 2.35. The number of rotatable bonds is 13. The minimum Gasteiger partial charge on any atom is -0.493 e. The average Bonchev–Trinajstić information content (AvgIpc) is 3.54. The molecule has 3 aromatic rings. The van der Waals surface area contributed by atoms with Crippen molar-refractivity contribution in [2.24, 2.45) is 0 Å². The van der Waals surface area contributed by atoms with Crippen LogP contribution >= 0.6 is 23.2 Å². The Labute approximate surface area is 269 Å². The number of nitrogens with zero attached hydrogens (tertiary/aromatic N) is 2. The van der Waals surface area contributed by atoms with Crippen molar-refractivity contribution in [1.29, 1.82) is 0 Å². The van der Waals surface area contributed by atoms with Gasteiger partial charge in [-0.05, 0) is 61.2 Å². The van der Waals surface area contributed by atoms with Gasteiger partial charge in [-0.15, -0.1) is 0 Å². The van der Waals surface area contributed by atoms with Crippen LogP contribution in [0.2, 0.25) is 10.0 Å². The molecular formula is C32H37Cl2N3O6S. The van der Waals surface area contributed by atoms with E-state index in [1.54, 1.807) is 48.5 Å². The van der Waals surface area contributed by atoms with Crippen molar-refractivity contribution in [3.63, 3.8) is 0 Å². The second kappa shape index (κ2) is 15.0. The predicted molar refractivity (Wildman–Crippen MR) is 172 cm³/mol. The van der Waals surface area contributed by atoms with Crippen LogP contribution in [0.1, 0.15) is 44.6 Å². The zero-order valence-corrected chi connectivity index (χ0v) is 27.3. The Balaban J connectivity index is 1.73. The number of carbonyl (C=O) groups excluding carboxylic acids is 2. The fourth-order valence-corrected chi connectivity index (χ4v) is 7.10. The van der Waals surface area contributed by atoms with E-state index in [0.717, 1.165) is 30.0 Å². The van der Waals surface area contributed by atoms with Crippen molar-refractivity contribution in [2.45, 2.75) is 62.6 Å². The number of ether oxygens (including phenoxy) is 2. The first-order valence-corrected chi connectivity index (χ1v) is 16.6. The number of hydrogen-bond acceptors (Lipinski definition) is 6. The quantitative estimate of drug-likeness (QED) is 0.238. The van der Waals surface area contributed by atoms with Crippen LogP contribution in [0.5, 0.6) is 11.5 Å². The van der Waals surface area contributed by atoms with Crippen molar-refractivity contribution < 1.29 is 27.5 Å². The van der Waals surface area contributed by atoms with Crippen molar-refractivity contribution >= 4 is 50.7 Å². The van der Waals surface area contributed by atoms with Gasteiger partial charge in [0.2, 0.25) is 11.8 Å². The van der Waals surface area contributed by atoms with Crippen molar-refractivity contribution in [2.75, 3.05) is 25.1 Å². The second-order valence-electron chi connectivity index (χ2n) is 10.5. The Hall–Kier alpha value is -3.47. The molecule has 1 fully saturated rings. The third kappa shape index (κ3) is 7.78. The maximum Gasteiger partial charge on any atom is 0.264 e. The molecule has 4 rings (SSSR count). The van der Waals surface area contributed by atoms with Gasteiger partial charge in [0.1, 0.15) is 12.6 Å². The van der Waals surface area contributed by atoms with Gasteiger partial charge < -0.3 is 19.7 Å². The Kier molecular flexibility index (Phi) is 11.4. The van der Waals surface area contributed by atoms with E-state index in [0.29, 0.717) is 27.8 Å². The Morgan fingerprint density at radius 3 is 2.23 bits per heavy atom. The van der Waals surface area contributed by atoms with Gasteiger partial charge in [0.25, 0.3) is 10.0 Å². The minimum absolute atomic E-state index is 0.0192. The predicted octanol–water partition coefficient (Wildman–Crippen LogP) is 6.07. The third-order valence-corrected chi connectivity index (χ3v) is 10.2. The van der Waals surface area contributed by atoms with Gasteiger partial charge in [-0.25, -0.2) is 8.42 Å². The highest BCUT2D eigenvalue weighted by atomic mass is 35.5. The van der Waals surface area contributed by atoms with Crippen LogP contribution in [0, 0.1) is 0 Å². The number of nitrogens with one attached hydrogen (secondary N) is 1. The Morgan fingerprint density at radius 2 is 1.61 bits per heavy atom. The van der Waals surface area contributed by atoms with E-state index >= 15 is 0 Å². The minimum atomic E-state index is -4.29. The van der Waals surface area contributed by atoms with E-state index in [-0.39, 0.29) is 34.8 Å². The van der Waals surface area contributed by atoms with Gasteiger partial charge in [-0.1, -0.05) is 67.2 Å². The standard InChI is InChI=1S/C32H37Cl2N3O6S/c1-4-28(32(39)35-23-10-8-9-11-23)36(20-22-14-16-26(33)27(34)18-22)31(38)21-37(24-12-6-5-7-13-24)44(40,41)25-15-17-29(42-2)30(19-25)43-3/h5-7,12-19,23,28H,4,8-11,20-21H2,1-3H3,(H,35,39)/t28-/m0/s1. The summed E-state index contributed by atoms with van der Waals surface area (Å²) < 4.78 is 40.0. The molecule has 2 amide bonds. The molecular weight excluding hydrogens is 625 g/mol. The van der Waals surface area contributed by atoms with E-state index < -0.39 is 28.5 Å². The molecule has 0 aliphatic heterocycles. The molecule has 1 N–H and O–H groups in total. The maximum atomic E-state index is 14.3. The van der Waals surface area contributed by atoms with Gasteiger partial charge in [0.15, 0.2) is 11.5 Å². The molecule has 0 unspecified atom stereocenters. The molecule has 0 heterocycles. The Morgan fingerprint density at radius 1 is 0.932 bits per heavy atom. The summed E-state index contributed by atoms with van der Waals surface area (Å²) in [6.45, 7) is 1.28. The van der Waals surface area contributed by atoms with E-state index in [4.69, 9.17) is 32.7 Å². The smallest absolute Gasteiger partial charge is 0.264 e. The number of hydrogen-bond donors (Lipinski definition) is 1. The number of sulfonamides is 1. The number of methoxy groups -OCH3 is 2. The van der Waals surface area contributed by atoms with Crippen LogP contribution in [0.3, 0.4) is 0 Å². The monoisotopic (exact) mass is 661 g/mol. The number of anilines is 1. The number of benzene rings is 3. The molecule has 3 aromatic carbocycles. The van der Waals surface area contributed by atoms with Crippen molar-refractivity contribution in [1.82, 2.24) is 10.2 Å². The molecule has 236 valence electrons. The average molecular weight is 663 g/mol. The largest absolute Gasteiger partial charge is 0.493 e. The number of halogens is 2. The number of amides is 2. The molecule has 0 bridgehead atoms. The zero-order chi connectivity index (χ0) is 31.9. The normalized spacial score (nSPS) is 14.1. The van der Waals surface area contributed by atoms with Crippen LogP contribution in [0.4, 0.5) is 5.69 Å². The first-order chi connectivity index (χ1) is 21.1. The van der Waals surface area contributed by atoms with E-state index in [2.05, 4.69) is 5.32 Å². The summed E-state index contributed by atoms with van der Waals surface area (Å²) >= 11 is 12.4. The molecule has 0 aromatic heterocycles. The van der Waals surface area contributed by atoms with Crippen LogP contribution in [0.25, 0.3) is 0 Å². The van der Waals surface area contributed by atoms with Crippen LogP contribution in [-0.2, 0) is 26.2 Å². The van der Waals surface area contributed by atoms with Gasteiger partial charge >= 0.3 is 0 Å². The van der Waals surface area contributed by atoms with E-state index in [1.165, 1.54) is 37.3 Å². The van der Waals surface area contributed by atoms with Crippen LogP contribution < -0.4 is 19.1 Å². The molecule has 1 aliphatic carbocycles. The highest BCUT2D eigenvalue weighted by molar-refractivity contribution is 7.92. The first kappa shape index (κ1) is 33.4. The lowest BCUT2D eigenvalue weighted by Gasteiger charge is -2.34. The SMILES string of the molecule is CC[C@@H](C(=O)NC1CCCC1)N(Cc1ccc(Cl)c(Cl)c1)C(=O)CN(c1ccccc1)S(=O)(=O)c1ccc(OC)c(OC)c1. The van der Waals surface area contributed by atoms with Crippen molar-refractivity contribution in [3.8, 4) is 11.5 Å². The summed E-state index contributed by atoms with van der Waals surface area (Å²) in [6.07, 6.45) is 4.16. The molecule has 1 saturated carbocycles. The number of para-hydroxylation sites is 1. The lowest BCUT2D eigenvalue weighted by atomic mass is 10.1. The van der Waals surface area contributed by atoms with Gasteiger partial charge in [-0.3, -0.25) is 13.9 Å². The van der Waals surface area contributed by atoms with Gasteiger partial charge in [-0.2, -0.15) is 0 Å². The molecule has 1 aliphatic rings. The lowest BCUT2D eigenvalue weighted by Crippen LogP contribution is -2.53. The summed E-state index contributed by atoms with van der Waals surface area (Å²) in [4.78, 5) is 29.2. The van der Waals surface area contributed by atoms with E-state index in [1.807, 2.05) is 6.92 Å². The summed E-state index contributed by atoms with van der Waals surface area (Å²) in [5.74, 6) is -0.247. The summed E-state index contributed by atoms with van der Waals surface area (Å²) in [6, 6.07) is 16.8. The lowest BCUT2D eigenvalue weighted by molar-refractivity contribution is -0.140. The molecule has 0 saturated heterocycles. The molecule has 1 atom stereocenters. The van der Waals surface area contributed by atoms with Crippen LogP contribution in [-0.4, -0.2) is 58.0 Å². The summed E-state index contributed by atoms with van der Waals surface area (Å²) in [5, 5.41) is 3.76. The molecule has 0 spiro atoms. The summed E-state index contributed by atoms with van der Waals surface area (Å²) in [7, 11) is -1.42. The van der Waals surface area contributed by atoms with E-state index in [9.17, 15) is 18.0 Å². The van der Waals surface area contributed by atoms with Crippen LogP contribution in [0.15, 0.2) is 71.6 Å². The Bertz CT molecular complexity index is 1570. The van der Waals surface area contributed by atoms with Crippen molar-refractivity contribution in [3.05, 3.63) is 82.3 Å². The molecule has 44 heavy (non-hydrogen) atoms. The highest BCUT2D eigenvalue weighted by Crippen LogP contribution is 2.32. The van der Waals surface area contributed by atoms with Gasteiger partial charge in [0.05, 0.1) is 34.8 Å². The molecule has 9 nitrogen and oxygen atoms in total. The summed E-state index contributed by atoms with van der Waals surface area (Å²) in [5.41, 5.74) is 0.933.